The van der Waals surface area contributed by atoms with Crippen molar-refractivity contribution >= 4 is 29.2 Å². The molecule has 4 amide bonds. The number of nitrogens with one attached hydrogen (secondary N) is 2. The monoisotopic (exact) mass is 507 g/mol. The van der Waals surface area contributed by atoms with E-state index < -0.39 is 0 Å². The quantitative estimate of drug-likeness (QED) is 0.333. The molecule has 1 aromatic heterocycles. The lowest BCUT2D eigenvalue weighted by atomic mass is 9.93. The lowest BCUT2D eigenvalue weighted by Crippen LogP contribution is -2.37. The van der Waals surface area contributed by atoms with Gasteiger partial charge in [0.25, 0.3) is 0 Å². The minimum atomic E-state index is -0.248. The second-order valence-corrected chi connectivity index (χ2v) is 9.34. The first kappa shape index (κ1) is 26.2. The Morgan fingerprint density at radius 2 is 1.89 bits per heavy atom. The fourth-order valence-corrected chi connectivity index (χ4v) is 4.47. The summed E-state index contributed by atoms with van der Waals surface area (Å²) in [6, 6.07) is 9.36. The molecule has 11 nitrogen and oxygen atoms in total. The standard InChI is InChI=1S/C26H33N7O4/c1-18-13-24(35)33(12-4-2-3-10-29-23(34)17-37-27)31-25(18)19-5-7-22(8-6-19)30-26(36)32-15-20-9-11-28-14-21(20)16-32/h5-9,11,14,18H,2-4,10,12-13,15-17,27H2,1H3,(H,29,34)(H,30,36). The zero-order valence-electron chi connectivity index (χ0n) is 21.0. The highest BCUT2D eigenvalue weighted by atomic mass is 16.6. The Hall–Kier alpha value is -3.83. The molecule has 0 fully saturated rings. The van der Waals surface area contributed by atoms with Crippen molar-refractivity contribution in [2.75, 3.05) is 25.0 Å². The molecular formula is C26H33N7O4. The van der Waals surface area contributed by atoms with Crippen LogP contribution in [0, 0.1) is 5.92 Å². The van der Waals surface area contributed by atoms with E-state index in [4.69, 9.17) is 5.90 Å². The molecule has 37 heavy (non-hydrogen) atoms. The fourth-order valence-electron chi connectivity index (χ4n) is 4.47. The van der Waals surface area contributed by atoms with Gasteiger partial charge in [0.2, 0.25) is 11.8 Å². The number of benzene rings is 1. The van der Waals surface area contributed by atoms with Crippen molar-refractivity contribution in [2.24, 2.45) is 16.9 Å². The molecule has 0 radical (unpaired) electrons. The largest absolute Gasteiger partial charge is 0.354 e. The Balaban J connectivity index is 1.29. The first-order valence-electron chi connectivity index (χ1n) is 12.5. The maximum Gasteiger partial charge on any atom is 0.322 e. The van der Waals surface area contributed by atoms with Gasteiger partial charge >= 0.3 is 6.03 Å². The minimum absolute atomic E-state index is 0.000816. The van der Waals surface area contributed by atoms with Crippen LogP contribution in [0.1, 0.15) is 49.3 Å². The number of unbranched alkanes of at least 4 members (excludes halogenated alkanes) is 2. The third-order valence-corrected chi connectivity index (χ3v) is 6.49. The van der Waals surface area contributed by atoms with Crippen molar-refractivity contribution in [1.29, 1.82) is 0 Å². The summed E-state index contributed by atoms with van der Waals surface area (Å²) in [5.74, 6) is 4.63. The predicted octanol–water partition coefficient (Wildman–Crippen LogP) is 2.38. The van der Waals surface area contributed by atoms with Crippen molar-refractivity contribution < 1.29 is 19.2 Å². The van der Waals surface area contributed by atoms with Gasteiger partial charge in [-0.05, 0) is 54.2 Å². The average molecular weight is 508 g/mol. The van der Waals surface area contributed by atoms with Crippen LogP contribution >= 0.6 is 0 Å². The van der Waals surface area contributed by atoms with Gasteiger partial charge in [0.1, 0.15) is 6.61 Å². The van der Waals surface area contributed by atoms with E-state index in [1.54, 1.807) is 22.3 Å². The molecule has 2 aliphatic heterocycles. The van der Waals surface area contributed by atoms with Gasteiger partial charge in [0, 0.05) is 56.6 Å². The van der Waals surface area contributed by atoms with Crippen molar-refractivity contribution in [1.82, 2.24) is 20.2 Å². The summed E-state index contributed by atoms with van der Waals surface area (Å²) < 4.78 is 0. The molecule has 3 heterocycles. The van der Waals surface area contributed by atoms with Gasteiger partial charge in [-0.2, -0.15) is 5.10 Å². The lowest BCUT2D eigenvalue weighted by Gasteiger charge is -2.28. The molecule has 1 atom stereocenters. The second-order valence-electron chi connectivity index (χ2n) is 9.34. The number of fused-ring (bicyclic) bond motifs is 1. The van der Waals surface area contributed by atoms with Crippen molar-refractivity contribution in [3.8, 4) is 0 Å². The smallest absolute Gasteiger partial charge is 0.322 e. The van der Waals surface area contributed by atoms with E-state index in [-0.39, 0.29) is 30.4 Å². The molecule has 0 bridgehead atoms. The molecule has 11 heteroatoms. The highest BCUT2D eigenvalue weighted by Crippen LogP contribution is 2.24. The van der Waals surface area contributed by atoms with E-state index in [0.717, 1.165) is 41.7 Å². The number of amides is 4. The fraction of sp³-hybridized carbons (Fsp3) is 0.423. The molecule has 4 N–H and O–H groups in total. The Morgan fingerprint density at radius 1 is 1.11 bits per heavy atom. The van der Waals surface area contributed by atoms with Gasteiger partial charge in [-0.3, -0.25) is 19.4 Å². The third-order valence-electron chi connectivity index (χ3n) is 6.49. The number of anilines is 1. The van der Waals surface area contributed by atoms with E-state index in [1.807, 2.05) is 37.3 Å². The Kier molecular flexibility index (Phi) is 8.81. The molecule has 196 valence electrons. The van der Waals surface area contributed by atoms with E-state index in [0.29, 0.717) is 38.3 Å². The second kappa shape index (κ2) is 12.4. The SMILES string of the molecule is CC1CC(=O)N(CCCCCNC(=O)CON)N=C1c1ccc(NC(=O)N2Cc3ccncc3C2)cc1. The number of carbonyl (C=O) groups excluding carboxylic acids is 3. The van der Waals surface area contributed by atoms with Crippen molar-refractivity contribution in [3.05, 3.63) is 59.4 Å². The normalized spacial score (nSPS) is 16.9. The average Bonchev–Trinajstić information content (AvgIpc) is 3.33. The number of hydrogen-bond donors (Lipinski definition) is 3. The first-order chi connectivity index (χ1) is 17.9. The van der Waals surface area contributed by atoms with Crippen molar-refractivity contribution in [3.63, 3.8) is 0 Å². The van der Waals surface area contributed by atoms with Crippen LogP contribution in [-0.2, 0) is 27.5 Å². The summed E-state index contributed by atoms with van der Waals surface area (Å²) in [6.45, 7) is 4.01. The van der Waals surface area contributed by atoms with Crippen LogP contribution in [0.15, 0.2) is 47.8 Å². The molecule has 0 aliphatic carbocycles. The van der Waals surface area contributed by atoms with Crippen LogP contribution in [0.4, 0.5) is 10.5 Å². The van der Waals surface area contributed by atoms with Gasteiger partial charge in [-0.1, -0.05) is 19.1 Å². The van der Waals surface area contributed by atoms with Gasteiger partial charge in [-0.25, -0.2) is 15.7 Å². The Bertz CT molecular complexity index is 1130. The number of carbonyl (C=O) groups is 3. The number of hydrogen-bond acceptors (Lipinski definition) is 7. The number of rotatable bonds is 10. The number of hydrazone groups is 1. The minimum Gasteiger partial charge on any atom is -0.354 e. The number of urea groups is 1. The van der Waals surface area contributed by atoms with Gasteiger partial charge in [0.15, 0.2) is 0 Å². The topological polar surface area (TPSA) is 142 Å². The molecule has 4 rings (SSSR count). The summed E-state index contributed by atoms with van der Waals surface area (Å²) >= 11 is 0. The number of nitrogens with zero attached hydrogens (tertiary/aromatic N) is 4. The number of nitrogens with two attached hydrogens (primary N) is 1. The predicted molar refractivity (Wildman–Crippen MR) is 138 cm³/mol. The summed E-state index contributed by atoms with van der Waals surface area (Å²) in [6.07, 6.45) is 6.36. The zero-order chi connectivity index (χ0) is 26.2. The van der Waals surface area contributed by atoms with Crippen LogP contribution in [-0.4, -0.2) is 58.1 Å². The maximum atomic E-state index is 12.7. The molecule has 1 unspecified atom stereocenters. The van der Waals surface area contributed by atoms with E-state index >= 15 is 0 Å². The van der Waals surface area contributed by atoms with Crippen molar-refractivity contribution in [2.45, 2.75) is 45.7 Å². The third kappa shape index (κ3) is 6.89. The zero-order valence-corrected chi connectivity index (χ0v) is 21.0. The molecular weight excluding hydrogens is 474 g/mol. The molecule has 0 saturated carbocycles. The van der Waals surface area contributed by atoms with Crippen LogP contribution in [0.25, 0.3) is 0 Å². The lowest BCUT2D eigenvalue weighted by molar-refractivity contribution is -0.132. The highest BCUT2D eigenvalue weighted by molar-refractivity contribution is 6.06. The maximum absolute atomic E-state index is 12.7. The van der Waals surface area contributed by atoms with Gasteiger partial charge < -0.3 is 15.5 Å². The summed E-state index contributed by atoms with van der Waals surface area (Å²) in [4.78, 5) is 46.8. The summed E-state index contributed by atoms with van der Waals surface area (Å²) in [5, 5.41) is 11.9. The molecule has 2 aliphatic rings. The first-order valence-corrected chi connectivity index (χ1v) is 12.5. The van der Waals surface area contributed by atoms with Gasteiger partial charge in [-0.15, -0.1) is 0 Å². The Labute approximate surface area is 216 Å². The van der Waals surface area contributed by atoms with Gasteiger partial charge in [0.05, 0.1) is 5.71 Å². The Morgan fingerprint density at radius 3 is 2.65 bits per heavy atom. The molecule has 1 aromatic carbocycles. The van der Waals surface area contributed by atoms with Crippen LogP contribution in [0.2, 0.25) is 0 Å². The molecule has 2 aromatic rings. The molecule has 0 spiro atoms. The van der Waals surface area contributed by atoms with E-state index in [9.17, 15) is 14.4 Å². The van der Waals surface area contributed by atoms with Crippen LogP contribution < -0.4 is 16.5 Å². The summed E-state index contributed by atoms with van der Waals surface area (Å²) in [5.41, 5.74) is 4.67. The van der Waals surface area contributed by atoms with E-state index in [1.165, 1.54) is 0 Å². The summed E-state index contributed by atoms with van der Waals surface area (Å²) in [7, 11) is 0. The number of aromatic nitrogens is 1. The van der Waals surface area contributed by atoms with Crippen LogP contribution in [0.3, 0.4) is 0 Å². The van der Waals surface area contributed by atoms with E-state index in [2.05, 4.69) is 25.6 Å². The molecule has 0 saturated heterocycles. The van der Waals surface area contributed by atoms with Crippen LogP contribution in [0.5, 0.6) is 0 Å². The highest BCUT2D eigenvalue weighted by Gasteiger charge is 2.27. The number of pyridine rings is 1.